The van der Waals surface area contributed by atoms with E-state index < -0.39 is 6.10 Å². The number of nitrogens with zero attached hydrogens (tertiary/aromatic N) is 1. The maximum absolute atomic E-state index is 10.5. The zero-order valence-corrected chi connectivity index (χ0v) is 17.3. The summed E-state index contributed by atoms with van der Waals surface area (Å²) in [4.78, 5) is 2.25. The van der Waals surface area contributed by atoms with Crippen molar-refractivity contribution >= 4 is 0 Å². The average molecular weight is 401 g/mol. The van der Waals surface area contributed by atoms with Gasteiger partial charge in [0.25, 0.3) is 0 Å². The molecule has 1 heterocycles. The lowest BCUT2D eigenvalue weighted by molar-refractivity contribution is 0.0144. The van der Waals surface area contributed by atoms with Crippen LogP contribution in [0.15, 0.2) is 48.5 Å². The molecule has 29 heavy (non-hydrogen) atoms. The van der Waals surface area contributed by atoms with E-state index in [1.165, 1.54) is 11.1 Å². The van der Waals surface area contributed by atoms with Crippen LogP contribution in [0.4, 0.5) is 0 Å². The Labute approximate surface area is 173 Å². The van der Waals surface area contributed by atoms with Crippen molar-refractivity contribution < 1.29 is 19.3 Å². The fourth-order valence-electron chi connectivity index (χ4n) is 3.57. The van der Waals surface area contributed by atoms with Crippen molar-refractivity contribution in [2.75, 3.05) is 53.6 Å². The van der Waals surface area contributed by atoms with Gasteiger partial charge in [-0.2, -0.15) is 0 Å². The molecule has 0 aromatic heterocycles. The Morgan fingerprint density at radius 1 is 0.966 bits per heavy atom. The third kappa shape index (κ3) is 6.72. The molecule has 6 heteroatoms. The summed E-state index contributed by atoms with van der Waals surface area (Å²) in [5, 5.41) is 14.1. The van der Waals surface area contributed by atoms with Crippen molar-refractivity contribution in [2.24, 2.45) is 0 Å². The summed E-state index contributed by atoms with van der Waals surface area (Å²) in [6.07, 6.45) is 0.394. The van der Waals surface area contributed by atoms with E-state index in [2.05, 4.69) is 34.5 Å². The fourth-order valence-corrected chi connectivity index (χ4v) is 3.57. The second-order valence-electron chi connectivity index (χ2n) is 7.35. The normalized spacial score (nSPS) is 16.9. The molecule has 1 saturated heterocycles. The van der Waals surface area contributed by atoms with E-state index in [-0.39, 0.29) is 6.04 Å². The highest BCUT2D eigenvalue weighted by molar-refractivity contribution is 5.32. The van der Waals surface area contributed by atoms with Gasteiger partial charge >= 0.3 is 0 Å². The van der Waals surface area contributed by atoms with Gasteiger partial charge in [-0.05, 0) is 41.8 Å². The zero-order valence-electron chi connectivity index (χ0n) is 17.3. The van der Waals surface area contributed by atoms with Crippen molar-refractivity contribution in [2.45, 2.75) is 18.6 Å². The lowest BCUT2D eigenvalue weighted by Gasteiger charge is -2.29. The molecule has 0 amide bonds. The van der Waals surface area contributed by atoms with Crippen LogP contribution < -0.4 is 14.8 Å². The van der Waals surface area contributed by atoms with Gasteiger partial charge in [0.2, 0.25) is 0 Å². The van der Waals surface area contributed by atoms with E-state index in [9.17, 15) is 5.11 Å². The van der Waals surface area contributed by atoms with Crippen LogP contribution in [0.3, 0.4) is 0 Å². The molecule has 0 radical (unpaired) electrons. The van der Waals surface area contributed by atoms with Crippen molar-refractivity contribution in [1.29, 1.82) is 0 Å². The maximum atomic E-state index is 10.5. The highest BCUT2D eigenvalue weighted by atomic mass is 16.5. The van der Waals surface area contributed by atoms with Gasteiger partial charge in [-0.15, -0.1) is 0 Å². The molecule has 1 fully saturated rings. The van der Waals surface area contributed by atoms with E-state index in [1.54, 1.807) is 14.2 Å². The van der Waals surface area contributed by atoms with Crippen molar-refractivity contribution in [3.05, 3.63) is 59.7 Å². The molecule has 2 atom stereocenters. The number of hydrogen-bond acceptors (Lipinski definition) is 6. The molecule has 0 spiro atoms. The number of aliphatic hydroxyl groups is 1. The third-order valence-corrected chi connectivity index (χ3v) is 5.29. The standard InChI is InChI=1S/C23H32N2O4/c1-27-21-7-3-18(4-8-21)15-23(19-5-9-22(28-2)10-6-19)24-16-20(26)17-25-11-13-29-14-12-25/h3-10,20,23-24,26H,11-17H2,1-2H3/t20-,23-/m1/s1. The van der Waals surface area contributed by atoms with Crippen LogP contribution in [0.2, 0.25) is 0 Å². The first-order valence-corrected chi connectivity index (χ1v) is 10.2. The van der Waals surface area contributed by atoms with Crippen LogP contribution in [-0.4, -0.2) is 69.7 Å². The molecular weight excluding hydrogens is 368 g/mol. The summed E-state index contributed by atoms with van der Waals surface area (Å²) < 4.78 is 15.9. The van der Waals surface area contributed by atoms with E-state index >= 15 is 0 Å². The number of rotatable bonds is 10. The smallest absolute Gasteiger partial charge is 0.118 e. The lowest BCUT2D eigenvalue weighted by atomic mass is 9.98. The van der Waals surface area contributed by atoms with Crippen LogP contribution in [-0.2, 0) is 11.2 Å². The Morgan fingerprint density at radius 2 is 1.55 bits per heavy atom. The first-order valence-electron chi connectivity index (χ1n) is 10.2. The van der Waals surface area contributed by atoms with Crippen LogP contribution in [0.5, 0.6) is 11.5 Å². The molecule has 1 aliphatic heterocycles. The molecule has 0 bridgehead atoms. The van der Waals surface area contributed by atoms with Crippen LogP contribution in [0.25, 0.3) is 0 Å². The number of nitrogens with one attached hydrogen (secondary N) is 1. The van der Waals surface area contributed by atoms with E-state index in [1.807, 2.05) is 24.3 Å². The van der Waals surface area contributed by atoms with Gasteiger partial charge in [0, 0.05) is 32.2 Å². The topological polar surface area (TPSA) is 63.2 Å². The minimum atomic E-state index is -0.426. The summed E-state index contributed by atoms with van der Waals surface area (Å²) in [6, 6.07) is 16.3. The first-order chi connectivity index (χ1) is 14.2. The summed E-state index contributed by atoms with van der Waals surface area (Å²) in [5.74, 6) is 1.69. The lowest BCUT2D eigenvalue weighted by Crippen LogP contribution is -2.44. The van der Waals surface area contributed by atoms with Gasteiger partial charge in [-0.1, -0.05) is 24.3 Å². The van der Waals surface area contributed by atoms with Gasteiger partial charge in [-0.25, -0.2) is 0 Å². The largest absolute Gasteiger partial charge is 0.497 e. The first kappa shape index (κ1) is 21.6. The molecule has 3 rings (SSSR count). The molecule has 0 aliphatic carbocycles. The summed E-state index contributed by atoms with van der Waals surface area (Å²) >= 11 is 0. The number of hydrogen-bond donors (Lipinski definition) is 2. The highest BCUT2D eigenvalue weighted by Gasteiger charge is 2.18. The van der Waals surface area contributed by atoms with Gasteiger partial charge in [0.1, 0.15) is 11.5 Å². The Hall–Kier alpha value is -2.12. The summed E-state index contributed by atoms with van der Waals surface area (Å²) in [5.41, 5.74) is 2.38. The second kappa shape index (κ2) is 11.2. The predicted octanol–water partition coefficient (Wildman–Crippen LogP) is 2.27. The Bertz CT molecular complexity index is 715. The number of aliphatic hydroxyl groups excluding tert-OH is 1. The van der Waals surface area contributed by atoms with Crippen molar-refractivity contribution in [3.8, 4) is 11.5 Å². The zero-order chi connectivity index (χ0) is 20.5. The van der Waals surface area contributed by atoms with Gasteiger partial charge in [0.15, 0.2) is 0 Å². The molecule has 0 saturated carbocycles. The average Bonchev–Trinajstić information content (AvgIpc) is 2.78. The molecule has 2 N–H and O–H groups in total. The molecule has 0 unspecified atom stereocenters. The van der Waals surface area contributed by atoms with Gasteiger partial charge in [-0.3, -0.25) is 4.90 Å². The second-order valence-corrected chi connectivity index (χ2v) is 7.35. The van der Waals surface area contributed by atoms with Crippen LogP contribution in [0.1, 0.15) is 17.2 Å². The van der Waals surface area contributed by atoms with Crippen LogP contribution >= 0.6 is 0 Å². The monoisotopic (exact) mass is 400 g/mol. The number of morpholine rings is 1. The molecule has 2 aromatic rings. The van der Waals surface area contributed by atoms with E-state index in [0.717, 1.165) is 44.2 Å². The predicted molar refractivity (Wildman–Crippen MR) is 114 cm³/mol. The van der Waals surface area contributed by atoms with Crippen molar-refractivity contribution in [3.63, 3.8) is 0 Å². The molecule has 2 aromatic carbocycles. The van der Waals surface area contributed by atoms with Gasteiger partial charge in [0.05, 0.1) is 33.5 Å². The quantitative estimate of drug-likeness (QED) is 0.638. The number of methoxy groups -OCH3 is 2. The number of ether oxygens (including phenoxy) is 3. The van der Waals surface area contributed by atoms with Crippen LogP contribution in [0, 0.1) is 0 Å². The summed E-state index contributed by atoms with van der Waals surface area (Å²) in [7, 11) is 3.34. The SMILES string of the molecule is COc1ccc(C[C@@H](NC[C@@H](O)CN2CCOCC2)c2ccc(OC)cc2)cc1. The van der Waals surface area contributed by atoms with Gasteiger partial charge < -0.3 is 24.6 Å². The number of benzene rings is 2. The third-order valence-electron chi connectivity index (χ3n) is 5.29. The fraction of sp³-hybridized carbons (Fsp3) is 0.478. The number of β-amino-alcohol motifs (C(OH)–C–C–N with tert-alkyl or cyclic N) is 1. The van der Waals surface area contributed by atoms with E-state index in [0.29, 0.717) is 13.1 Å². The molecular formula is C23H32N2O4. The highest BCUT2D eigenvalue weighted by Crippen LogP contribution is 2.23. The minimum absolute atomic E-state index is 0.0913. The van der Waals surface area contributed by atoms with E-state index in [4.69, 9.17) is 14.2 Å². The van der Waals surface area contributed by atoms with Crippen molar-refractivity contribution in [1.82, 2.24) is 10.2 Å². The maximum Gasteiger partial charge on any atom is 0.118 e. The Kier molecular flexibility index (Phi) is 8.31. The summed E-state index contributed by atoms with van der Waals surface area (Å²) in [6.45, 7) is 4.44. The molecule has 1 aliphatic rings. The minimum Gasteiger partial charge on any atom is -0.497 e. The molecule has 6 nitrogen and oxygen atoms in total. The Morgan fingerprint density at radius 3 is 2.14 bits per heavy atom. The molecule has 158 valence electrons. The Balaban J connectivity index is 1.63.